The van der Waals surface area contributed by atoms with Gasteiger partial charge in [0.25, 0.3) is 11.8 Å². The number of aromatic nitrogens is 1. The smallest absolute Gasteiger partial charge is 0.268 e. The van der Waals surface area contributed by atoms with Crippen LogP contribution in [0.2, 0.25) is 0 Å². The normalized spacial score (nSPS) is 14.6. The van der Waals surface area contributed by atoms with Gasteiger partial charge >= 0.3 is 0 Å². The van der Waals surface area contributed by atoms with Crippen molar-refractivity contribution in [3.05, 3.63) is 29.6 Å². The summed E-state index contributed by atoms with van der Waals surface area (Å²) in [5.41, 5.74) is -0.650. The van der Waals surface area contributed by atoms with Gasteiger partial charge in [0, 0.05) is 6.20 Å². The molecule has 1 aromatic heterocycles. The second-order valence-corrected chi connectivity index (χ2v) is 4.20. The first-order chi connectivity index (χ1) is 8.61. The average molecular weight is 243 g/mol. The third-order valence-corrected chi connectivity index (χ3v) is 3.45. The summed E-state index contributed by atoms with van der Waals surface area (Å²) in [5, 5.41) is 9.33. The van der Waals surface area contributed by atoms with Crippen molar-refractivity contribution in [1.29, 1.82) is 5.26 Å². The molecule has 0 spiro atoms. The van der Waals surface area contributed by atoms with E-state index in [9.17, 15) is 14.9 Å². The lowest BCUT2D eigenvalue weighted by Crippen LogP contribution is -2.50. The van der Waals surface area contributed by atoms with Crippen molar-refractivity contribution in [3.8, 4) is 6.07 Å². The van der Waals surface area contributed by atoms with E-state index >= 15 is 0 Å². The van der Waals surface area contributed by atoms with E-state index in [0.717, 1.165) is 4.90 Å². The van der Waals surface area contributed by atoms with E-state index in [4.69, 9.17) is 0 Å². The third-order valence-electron chi connectivity index (χ3n) is 3.45. The van der Waals surface area contributed by atoms with Crippen molar-refractivity contribution in [3.63, 3.8) is 0 Å². The van der Waals surface area contributed by atoms with Crippen LogP contribution in [0.15, 0.2) is 18.3 Å². The minimum atomic E-state index is -1.07. The van der Waals surface area contributed by atoms with E-state index in [1.54, 1.807) is 26.0 Å². The Hall–Kier alpha value is -2.22. The first kappa shape index (κ1) is 12.2. The number of rotatable bonds is 3. The number of fused-ring (bicyclic) bond motifs is 1. The van der Waals surface area contributed by atoms with Crippen molar-refractivity contribution < 1.29 is 9.59 Å². The standard InChI is InChI=1S/C13H13N3O2/c1-3-13(4-2,8-14)16-11(17)9-6-5-7-15-10(9)12(16)18/h5-7H,3-4H2,1-2H3. The summed E-state index contributed by atoms with van der Waals surface area (Å²) in [6.45, 7) is 3.59. The van der Waals surface area contributed by atoms with Crippen LogP contribution in [0, 0.1) is 11.3 Å². The van der Waals surface area contributed by atoms with Crippen molar-refractivity contribution in [2.75, 3.05) is 0 Å². The highest BCUT2D eigenvalue weighted by molar-refractivity contribution is 6.21. The summed E-state index contributed by atoms with van der Waals surface area (Å²) >= 11 is 0. The molecule has 92 valence electrons. The molecule has 2 rings (SSSR count). The zero-order chi connectivity index (χ0) is 13.3. The first-order valence-corrected chi connectivity index (χ1v) is 5.86. The van der Waals surface area contributed by atoms with Gasteiger partial charge in [-0.25, -0.2) is 0 Å². The Bertz CT molecular complexity index is 521. The molecule has 0 bridgehead atoms. The van der Waals surface area contributed by atoms with Crippen LogP contribution in [0.3, 0.4) is 0 Å². The predicted molar refractivity (Wildman–Crippen MR) is 63.7 cm³/mol. The molecule has 0 aromatic carbocycles. The molecule has 2 heterocycles. The van der Waals surface area contributed by atoms with E-state index in [0.29, 0.717) is 12.8 Å². The quantitative estimate of drug-likeness (QED) is 0.758. The Labute approximate surface area is 105 Å². The fourth-order valence-electron chi connectivity index (χ4n) is 2.23. The zero-order valence-corrected chi connectivity index (χ0v) is 10.3. The number of amides is 2. The van der Waals surface area contributed by atoms with Crippen molar-refractivity contribution in [2.24, 2.45) is 0 Å². The SMILES string of the molecule is CCC(C#N)(CC)N1C(=O)c2cccnc2C1=O. The molecule has 0 N–H and O–H groups in total. The van der Waals surface area contributed by atoms with Gasteiger partial charge in [-0.1, -0.05) is 13.8 Å². The van der Waals surface area contributed by atoms with Crippen LogP contribution >= 0.6 is 0 Å². The van der Waals surface area contributed by atoms with Crippen LogP contribution in [-0.4, -0.2) is 27.2 Å². The van der Waals surface area contributed by atoms with E-state index in [2.05, 4.69) is 11.1 Å². The number of nitrogens with zero attached hydrogens (tertiary/aromatic N) is 3. The molecule has 0 saturated carbocycles. The molecule has 0 fully saturated rings. The number of hydrogen-bond acceptors (Lipinski definition) is 4. The molecule has 0 aliphatic carbocycles. The van der Waals surface area contributed by atoms with E-state index in [-0.39, 0.29) is 11.3 Å². The molecule has 0 unspecified atom stereocenters. The van der Waals surface area contributed by atoms with Gasteiger partial charge in [0.05, 0.1) is 11.6 Å². The molecule has 18 heavy (non-hydrogen) atoms. The predicted octanol–water partition coefficient (Wildman–Crippen LogP) is 1.76. The summed E-state index contributed by atoms with van der Waals surface area (Å²) in [6.07, 6.45) is 2.29. The molecule has 0 radical (unpaired) electrons. The molecule has 0 atom stereocenters. The Morgan fingerprint density at radius 3 is 2.50 bits per heavy atom. The summed E-state index contributed by atoms with van der Waals surface area (Å²) in [4.78, 5) is 29.5. The lowest BCUT2D eigenvalue weighted by Gasteiger charge is -2.32. The molecule has 5 heteroatoms. The molecule has 1 aliphatic rings. The molecular weight excluding hydrogens is 230 g/mol. The number of pyridine rings is 1. The van der Waals surface area contributed by atoms with E-state index < -0.39 is 17.4 Å². The highest BCUT2D eigenvalue weighted by Gasteiger charge is 2.48. The fraction of sp³-hybridized carbons (Fsp3) is 0.385. The Balaban J connectivity index is 2.55. The number of nitriles is 1. The van der Waals surface area contributed by atoms with Crippen molar-refractivity contribution >= 4 is 11.8 Å². The van der Waals surface area contributed by atoms with Gasteiger partial charge < -0.3 is 0 Å². The largest absolute Gasteiger partial charge is 0.281 e. The van der Waals surface area contributed by atoms with Gasteiger partial charge in [0.2, 0.25) is 0 Å². The Morgan fingerprint density at radius 1 is 1.33 bits per heavy atom. The van der Waals surface area contributed by atoms with Crippen LogP contribution in [0.5, 0.6) is 0 Å². The summed E-state index contributed by atoms with van der Waals surface area (Å²) in [7, 11) is 0. The maximum atomic E-state index is 12.2. The average Bonchev–Trinajstić information content (AvgIpc) is 2.67. The first-order valence-electron chi connectivity index (χ1n) is 5.86. The molecule has 1 aliphatic heterocycles. The Kier molecular flexibility index (Phi) is 2.87. The third kappa shape index (κ3) is 1.42. The fourth-order valence-corrected chi connectivity index (χ4v) is 2.23. The van der Waals surface area contributed by atoms with Crippen LogP contribution in [0.1, 0.15) is 47.5 Å². The highest BCUT2D eigenvalue weighted by atomic mass is 16.2. The number of carbonyl (C=O) groups excluding carboxylic acids is 2. The topological polar surface area (TPSA) is 74.1 Å². The van der Waals surface area contributed by atoms with Crippen LogP contribution < -0.4 is 0 Å². The van der Waals surface area contributed by atoms with E-state index in [1.807, 2.05) is 0 Å². The minimum absolute atomic E-state index is 0.143. The van der Waals surface area contributed by atoms with Gasteiger partial charge in [-0.2, -0.15) is 5.26 Å². The molecular formula is C13H13N3O2. The molecule has 0 saturated heterocycles. The minimum Gasteiger partial charge on any atom is -0.268 e. The van der Waals surface area contributed by atoms with Crippen molar-refractivity contribution in [2.45, 2.75) is 32.2 Å². The maximum Gasteiger partial charge on any atom is 0.281 e. The summed E-state index contributed by atoms with van der Waals surface area (Å²) in [6, 6.07) is 5.29. The Morgan fingerprint density at radius 2 is 2.00 bits per heavy atom. The number of imide groups is 1. The molecule has 5 nitrogen and oxygen atoms in total. The van der Waals surface area contributed by atoms with Gasteiger partial charge in [0.15, 0.2) is 0 Å². The summed E-state index contributed by atoms with van der Waals surface area (Å²) in [5.74, 6) is -0.894. The second-order valence-electron chi connectivity index (χ2n) is 4.20. The van der Waals surface area contributed by atoms with Crippen LogP contribution in [0.4, 0.5) is 0 Å². The second kappa shape index (κ2) is 4.22. The summed E-state index contributed by atoms with van der Waals surface area (Å²) < 4.78 is 0. The van der Waals surface area contributed by atoms with Crippen molar-refractivity contribution in [1.82, 2.24) is 9.88 Å². The highest BCUT2D eigenvalue weighted by Crippen LogP contribution is 2.32. The molecule has 2 amide bonds. The molecule has 1 aromatic rings. The number of carbonyl (C=O) groups is 2. The lowest BCUT2D eigenvalue weighted by atomic mass is 9.92. The van der Waals surface area contributed by atoms with Gasteiger partial charge in [-0.3, -0.25) is 19.5 Å². The van der Waals surface area contributed by atoms with Crippen LogP contribution in [-0.2, 0) is 0 Å². The monoisotopic (exact) mass is 243 g/mol. The lowest BCUT2D eigenvalue weighted by molar-refractivity contribution is 0.0492. The van der Waals surface area contributed by atoms with Gasteiger partial charge in [0.1, 0.15) is 11.2 Å². The van der Waals surface area contributed by atoms with Crippen LogP contribution in [0.25, 0.3) is 0 Å². The maximum absolute atomic E-state index is 12.2. The zero-order valence-electron chi connectivity index (χ0n) is 10.3. The number of hydrogen-bond donors (Lipinski definition) is 0. The van der Waals surface area contributed by atoms with Gasteiger partial charge in [-0.05, 0) is 25.0 Å². The van der Waals surface area contributed by atoms with E-state index in [1.165, 1.54) is 6.20 Å². The van der Waals surface area contributed by atoms with Gasteiger partial charge in [-0.15, -0.1) is 0 Å².